The fourth-order valence-corrected chi connectivity index (χ4v) is 2.54. The second-order valence-corrected chi connectivity index (χ2v) is 5.72. The number of rotatable bonds is 9. The molecule has 0 radical (unpaired) electrons. The summed E-state index contributed by atoms with van der Waals surface area (Å²) in [7, 11) is 3.38. The summed E-state index contributed by atoms with van der Waals surface area (Å²) < 4.78 is 24.3. The second kappa shape index (κ2) is 8.84. The van der Waals surface area contributed by atoms with E-state index >= 15 is 0 Å². The van der Waals surface area contributed by atoms with Crippen LogP contribution in [0.5, 0.6) is 0 Å². The van der Waals surface area contributed by atoms with Gasteiger partial charge in [-0.15, -0.1) is 0 Å². The zero-order chi connectivity index (χ0) is 16.5. The fourth-order valence-electron chi connectivity index (χ4n) is 2.54. The molecule has 1 aromatic rings. The number of aliphatic imine (C=N–C) groups is 1. The molecule has 1 fully saturated rings. The van der Waals surface area contributed by atoms with E-state index in [1.807, 2.05) is 12.1 Å². The second-order valence-electron chi connectivity index (χ2n) is 5.72. The van der Waals surface area contributed by atoms with Gasteiger partial charge in [0.25, 0.3) is 0 Å². The van der Waals surface area contributed by atoms with E-state index in [2.05, 4.69) is 15.6 Å². The molecule has 1 aliphatic carbocycles. The zero-order valence-corrected chi connectivity index (χ0v) is 13.9. The van der Waals surface area contributed by atoms with E-state index in [4.69, 9.17) is 9.47 Å². The summed E-state index contributed by atoms with van der Waals surface area (Å²) >= 11 is 0. The molecule has 1 aliphatic rings. The van der Waals surface area contributed by atoms with E-state index in [1.54, 1.807) is 20.2 Å². The Balaban J connectivity index is 1.74. The lowest BCUT2D eigenvalue weighted by Crippen LogP contribution is -2.42. The number of hydrogen-bond acceptors (Lipinski definition) is 3. The van der Waals surface area contributed by atoms with Crippen molar-refractivity contribution in [2.45, 2.75) is 18.3 Å². The Morgan fingerprint density at radius 2 is 2.00 bits per heavy atom. The number of halogens is 1. The van der Waals surface area contributed by atoms with Gasteiger partial charge in [0, 0.05) is 32.7 Å². The minimum atomic E-state index is -0.124. The largest absolute Gasteiger partial charge is 0.382 e. The van der Waals surface area contributed by atoms with Crippen molar-refractivity contribution in [3.8, 4) is 0 Å². The fraction of sp³-hybridized carbons (Fsp3) is 0.588. The van der Waals surface area contributed by atoms with Gasteiger partial charge in [0.05, 0.1) is 19.8 Å². The van der Waals surface area contributed by atoms with Crippen LogP contribution in [0.3, 0.4) is 0 Å². The van der Waals surface area contributed by atoms with Crippen LogP contribution in [-0.4, -0.2) is 53.0 Å². The Bertz CT molecular complexity index is 518. The van der Waals surface area contributed by atoms with Gasteiger partial charge in [0.1, 0.15) is 5.82 Å². The van der Waals surface area contributed by atoms with Gasteiger partial charge < -0.3 is 20.1 Å². The van der Waals surface area contributed by atoms with Gasteiger partial charge in [-0.2, -0.15) is 0 Å². The van der Waals surface area contributed by atoms with Gasteiger partial charge in [-0.3, -0.25) is 4.99 Å². The standard InChI is InChI=1S/C17H26FN3O2/c1-19-16(20-9-10-23-12-11-22-2)21-13-17(7-8-17)14-5-3-4-6-15(14)18/h3-6H,7-13H2,1-2H3,(H2,19,20,21). The van der Waals surface area contributed by atoms with Crippen molar-refractivity contribution < 1.29 is 13.9 Å². The normalized spacial score (nSPS) is 16.2. The van der Waals surface area contributed by atoms with E-state index in [1.165, 1.54) is 6.07 Å². The Hall–Kier alpha value is -1.66. The maximum Gasteiger partial charge on any atom is 0.191 e. The van der Waals surface area contributed by atoms with Gasteiger partial charge in [-0.05, 0) is 24.5 Å². The van der Waals surface area contributed by atoms with Crippen LogP contribution in [0, 0.1) is 5.82 Å². The molecule has 23 heavy (non-hydrogen) atoms. The first-order valence-electron chi connectivity index (χ1n) is 7.98. The Morgan fingerprint density at radius 3 is 2.65 bits per heavy atom. The van der Waals surface area contributed by atoms with Crippen molar-refractivity contribution in [3.63, 3.8) is 0 Å². The number of hydrogen-bond donors (Lipinski definition) is 2. The summed E-state index contributed by atoms with van der Waals surface area (Å²) in [5, 5.41) is 6.48. The minimum absolute atomic E-state index is 0.0993. The molecule has 0 heterocycles. The first-order valence-corrected chi connectivity index (χ1v) is 7.98. The van der Waals surface area contributed by atoms with Crippen LogP contribution >= 0.6 is 0 Å². The summed E-state index contributed by atoms with van der Waals surface area (Å²) in [5.41, 5.74) is 0.698. The molecule has 128 valence electrons. The Morgan fingerprint density at radius 1 is 1.22 bits per heavy atom. The molecule has 0 bridgehead atoms. The van der Waals surface area contributed by atoms with Crippen LogP contribution < -0.4 is 10.6 Å². The molecule has 1 aromatic carbocycles. The van der Waals surface area contributed by atoms with Crippen molar-refractivity contribution in [2.24, 2.45) is 4.99 Å². The highest BCUT2D eigenvalue weighted by Crippen LogP contribution is 2.48. The first-order chi connectivity index (χ1) is 11.2. The average Bonchev–Trinajstić information content (AvgIpc) is 3.35. The van der Waals surface area contributed by atoms with Crippen LogP contribution in [0.1, 0.15) is 18.4 Å². The van der Waals surface area contributed by atoms with Gasteiger partial charge in [0.2, 0.25) is 0 Å². The lowest BCUT2D eigenvalue weighted by atomic mass is 9.95. The molecule has 0 aromatic heterocycles. The van der Waals surface area contributed by atoms with Crippen LogP contribution in [0.25, 0.3) is 0 Å². The molecule has 0 saturated heterocycles. The third-order valence-electron chi connectivity index (χ3n) is 4.09. The maximum atomic E-state index is 14.0. The Labute approximate surface area is 137 Å². The molecule has 0 atom stereocenters. The van der Waals surface area contributed by atoms with Gasteiger partial charge in [0.15, 0.2) is 5.96 Å². The molecule has 2 N–H and O–H groups in total. The van der Waals surface area contributed by atoms with Crippen molar-refractivity contribution in [1.82, 2.24) is 10.6 Å². The van der Waals surface area contributed by atoms with Crippen molar-refractivity contribution >= 4 is 5.96 Å². The summed E-state index contributed by atoms with van der Waals surface area (Å²) in [6, 6.07) is 7.03. The van der Waals surface area contributed by atoms with Crippen LogP contribution in [-0.2, 0) is 14.9 Å². The predicted molar refractivity (Wildman–Crippen MR) is 89.4 cm³/mol. The predicted octanol–water partition coefficient (Wildman–Crippen LogP) is 1.69. The number of methoxy groups -OCH3 is 1. The van der Waals surface area contributed by atoms with Crippen molar-refractivity contribution in [2.75, 3.05) is 47.1 Å². The average molecular weight is 323 g/mol. The molecular formula is C17H26FN3O2. The smallest absolute Gasteiger partial charge is 0.191 e. The monoisotopic (exact) mass is 323 g/mol. The van der Waals surface area contributed by atoms with Gasteiger partial charge in [-0.25, -0.2) is 4.39 Å². The molecule has 5 nitrogen and oxygen atoms in total. The van der Waals surface area contributed by atoms with Crippen LogP contribution in [0.2, 0.25) is 0 Å². The topological polar surface area (TPSA) is 54.9 Å². The number of ether oxygens (including phenoxy) is 2. The molecule has 6 heteroatoms. The molecular weight excluding hydrogens is 297 g/mol. The summed E-state index contributed by atoms with van der Waals surface area (Å²) in [6.07, 6.45) is 2.00. The summed E-state index contributed by atoms with van der Waals surface area (Å²) in [5.74, 6) is 0.587. The minimum Gasteiger partial charge on any atom is -0.382 e. The summed E-state index contributed by atoms with van der Waals surface area (Å²) in [4.78, 5) is 4.19. The van der Waals surface area contributed by atoms with Gasteiger partial charge >= 0.3 is 0 Å². The van der Waals surface area contributed by atoms with Crippen LogP contribution in [0.4, 0.5) is 4.39 Å². The SMILES string of the molecule is CN=C(NCCOCCOC)NCC1(c2ccccc2F)CC1. The number of guanidine groups is 1. The highest BCUT2D eigenvalue weighted by atomic mass is 19.1. The van der Waals surface area contributed by atoms with Crippen molar-refractivity contribution in [1.29, 1.82) is 0 Å². The van der Waals surface area contributed by atoms with E-state index in [9.17, 15) is 4.39 Å². The maximum absolute atomic E-state index is 14.0. The van der Waals surface area contributed by atoms with E-state index in [0.717, 1.165) is 18.4 Å². The first kappa shape index (κ1) is 17.7. The van der Waals surface area contributed by atoms with E-state index in [0.29, 0.717) is 38.9 Å². The lowest BCUT2D eigenvalue weighted by Gasteiger charge is -2.19. The molecule has 0 amide bonds. The Kier molecular flexibility index (Phi) is 6.80. The molecule has 0 aliphatic heterocycles. The van der Waals surface area contributed by atoms with E-state index in [-0.39, 0.29) is 11.2 Å². The number of nitrogens with zero attached hydrogens (tertiary/aromatic N) is 1. The number of nitrogens with one attached hydrogen (secondary N) is 2. The molecule has 2 rings (SSSR count). The number of benzene rings is 1. The highest BCUT2D eigenvalue weighted by Gasteiger charge is 2.45. The molecule has 1 saturated carbocycles. The highest BCUT2D eigenvalue weighted by molar-refractivity contribution is 5.79. The van der Waals surface area contributed by atoms with Crippen LogP contribution in [0.15, 0.2) is 29.3 Å². The molecule has 0 spiro atoms. The quantitative estimate of drug-likeness (QED) is 0.412. The summed E-state index contributed by atoms with van der Waals surface area (Å²) in [6.45, 7) is 3.11. The third kappa shape index (κ3) is 5.18. The van der Waals surface area contributed by atoms with Gasteiger partial charge in [-0.1, -0.05) is 18.2 Å². The molecule has 0 unspecified atom stereocenters. The third-order valence-corrected chi connectivity index (χ3v) is 4.09. The lowest BCUT2D eigenvalue weighted by molar-refractivity contribution is 0.0733. The van der Waals surface area contributed by atoms with E-state index < -0.39 is 0 Å². The van der Waals surface area contributed by atoms with Crippen molar-refractivity contribution in [3.05, 3.63) is 35.6 Å². The zero-order valence-electron chi connectivity index (χ0n) is 13.9.